The van der Waals surface area contributed by atoms with Gasteiger partial charge in [0.1, 0.15) is 28.9 Å². The number of halogens is 2. The standard InChI is InChI=1S/C23H14Cl2N2O4/c1-13-17(10-15-5-7-21(31-15)14-4-6-19(24)20(25)9-14)22(28)27(23(29)18(13)11-26)12-16-3-2-8-30-16/h2-10H,12H2,1H3/b17-10+. The SMILES string of the molecule is CC1=C(C#N)C(=O)N(Cc2ccco2)C(=O)/C1=C/c1ccc(-c2ccc(Cl)c(Cl)c2)o1. The summed E-state index contributed by atoms with van der Waals surface area (Å²) in [5.74, 6) is 0.144. The van der Waals surface area contributed by atoms with E-state index in [2.05, 4.69) is 0 Å². The molecule has 0 fully saturated rings. The molecule has 0 N–H and O–H groups in total. The van der Waals surface area contributed by atoms with E-state index in [1.807, 2.05) is 6.07 Å². The Hall–Kier alpha value is -3.53. The van der Waals surface area contributed by atoms with Crippen molar-refractivity contribution in [3.63, 3.8) is 0 Å². The molecule has 3 heterocycles. The maximum absolute atomic E-state index is 13.1. The number of benzene rings is 1. The van der Waals surface area contributed by atoms with E-state index >= 15 is 0 Å². The van der Waals surface area contributed by atoms with Gasteiger partial charge in [0.05, 0.1) is 22.9 Å². The summed E-state index contributed by atoms with van der Waals surface area (Å²) >= 11 is 12.0. The van der Waals surface area contributed by atoms with Crippen molar-refractivity contribution in [2.24, 2.45) is 0 Å². The Morgan fingerprint density at radius 1 is 1.10 bits per heavy atom. The first-order valence-electron chi connectivity index (χ1n) is 9.16. The third-order valence-electron chi connectivity index (χ3n) is 4.84. The third kappa shape index (κ3) is 3.93. The largest absolute Gasteiger partial charge is 0.467 e. The molecule has 0 aliphatic carbocycles. The Morgan fingerprint density at radius 3 is 2.58 bits per heavy atom. The normalized spacial score (nSPS) is 15.7. The summed E-state index contributed by atoms with van der Waals surface area (Å²) in [5.41, 5.74) is 1.10. The van der Waals surface area contributed by atoms with Crippen LogP contribution in [0.25, 0.3) is 17.4 Å². The van der Waals surface area contributed by atoms with Crippen LogP contribution >= 0.6 is 23.2 Å². The second kappa shape index (κ2) is 8.31. The summed E-state index contributed by atoms with van der Waals surface area (Å²) in [5, 5.41) is 10.3. The number of rotatable bonds is 4. The van der Waals surface area contributed by atoms with Crippen molar-refractivity contribution in [2.75, 3.05) is 0 Å². The molecule has 1 aliphatic rings. The number of nitrogens with zero attached hydrogens (tertiary/aromatic N) is 2. The summed E-state index contributed by atoms with van der Waals surface area (Å²) in [4.78, 5) is 26.7. The molecule has 1 aromatic carbocycles. The maximum atomic E-state index is 13.1. The van der Waals surface area contributed by atoms with Crippen LogP contribution in [0.2, 0.25) is 10.0 Å². The molecule has 0 atom stereocenters. The number of imide groups is 1. The Bertz CT molecular complexity index is 1290. The molecular formula is C23H14Cl2N2O4. The van der Waals surface area contributed by atoms with Crippen molar-refractivity contribution in [3.8, 4) is 17.4 Å². The highest BCUT2D eigenvalue weighted by molar-refractivity contribution is 6.42. The van der Waals surface area contributed by atoms with E-state index in [9.17, 15) is 14.9 Å². The molecule has 31 heavy (non-hydrogen) atoms. The van der Waals surface area contributed by atoms with Gasteiger partial charge in [-0.2, -0.15) is 5.26 Å². The molecule has 0 radical (unpaired) electrons. The molecule has 154 valence electrons. The zero-order valence-electron chi connectivity index (χ0n) is 16.2. The van der Waals surface area contributed by atoms with Gasteiger partial charge in [0.15, 0.2) is 0 Å². The van der Waals surface area contributed by atoms with Crippen molar-refractivity contribution in [1.82, 2.24) is 4.90 Å². The van der Waals surface area contributed by atoms with Crippen molar-refractivity contribution in [3.05, 3.63) is 87.0 Å². The van der Waals surface area contributed by atoms with E-state index < -0.39 is 11.8 Å². The van der Waals surface area contributed by atoms with Crippen LogP contribution in [0.1, 0.15) is 18.4 Å². The molecule has 4 rings (SSSR count). The fourth-order valence-corrected chi connectivity index (χ4v) is 3.51. The van der Waals surface area contributed by atoms with Gasteiger partial charge in [0.25, 0.3) is 11.8 Å². The lowest BCUT2D eigenvalue weighted by atomic mass is 9.94. The average Bonchev–Trinajstić information content (AvgIpc) is 3.43. The molecule has 0 bridgehead atoms. The van der Waals surface area contributed by atoms with Crippen molar-refractivity contribution >= 4 is 41.1 Å². The molecule has 3 aromatic rings. The van der Waals surface area contributed by atoms with Crippen LogP contribution < -0.4 is 0 Å². The maximum Gasteiger partial charge on any atom is 0.272 e. The van der Waals surface area contributed by atoms with Crippen LogP contribution in [-0.2, 0) is 16.1 Å². The topological polar surface area (TPSA) is 87.5 Å². The van der Waals surface area contributed by atoms with Crippen LogP contribution in [0.5, 0.6) is 0 Å². The third-order valence-corrected chi connectivity index (χ3v) is 5.58. The second-order valence-electron chi connectivity index (χ2n) is 6.78. The van der Waals surface area contributed by atoms with Gasteiger partial charge in [0, 0.05) is 11.1 Å². The number of carbonyl (C=O) groups is 2. The Morgan fingerprint density at radius 2 is 1.90 bits per heavy atom. The molecule has 2 amide bonds. The van der Waals surface area contributed by atoms with Crippen LogP contribution in [0.15, 0.2) is 74.3 Å². The van der Waals surface area contributed by atoms with Crippen molar-refractivity contribution in [1.29, 1.82) is 5.26 Å². The zero-order valence-corrected chi connectivity index (χ0v) is 17.7. The fourth-order valence-electron chi connectivity index (χ4n) is 3.21. The van der Waals surface area contributed by atoms with Crippen LogP contribution in [0, 0.1) is 11.3 Å². The minimum absolute atomic E-state index is 0.0762. The number of hydrogen-bond acceptors (Lipinski definition) is 5. The van der Waals surface area contributed by atoms with E-state index in [0.717, 1.165) is 4.90 Å². The summed E-state index contributed by atoms with van der Waals surface area (Å²) < 4.78 is 11.1. The zero-order chi connectivity index (χ0) is 22.1. The first-order valence-corrected chi connectivity index (χ1v) is 9.91. The second-order valence-corrected chi connectivity index (χ2v) is 7.59. The minimum Gasteiger partial charge on any atom is -0.467 e. The summed E-state index contributed by atoms with van der Waals surface area (Å²) in [7, 11) is 0. The highest BCUT2D eigenvalue weighted by Crippen LogP contribution is 2.32. The lowest BCUT2D eigenvalue weighted by molar-refractivity contribution is -0.141. The van der Waals surface area contributed by atoms with Crippen LogP contribution in [-0.4, -0.2) is 16.7 Å². The molecule has 8 heteroatoms. The molecule has 1 aliphatic heterocycles. The predicted octanol–water partition coefficient (Wildman–Crippen LogP) is 5.64. The first kappa shape index (κ1) is 20.7. The van der Waals surface area contributed by atoms with Crippen LogP contribution in [0.3, 0.4) is 0 Å². The number of nitriles is 1. The van der Waals surface area contributed by atoms with Gasteiger partial charge in [-0.1, -0.05) is 23.2 Å². The Balaban J connectivity index is 1.71. The van der Waals surface area contributed by atoms with E-state index in [1.165, 1.54) is 12.3 Å². The molecule has 6 nitrogen and oxygen atoms in total. The van der Waals surface area contributed by atoms with Crippen molar-refractivity contribution in [2.45, 2.75) is 13.5 Å². The first-order chi connectivity index (χ1) is 14.9. The van der Waals surface area contributed by atoms with E-state index in [0.29, 0.717) is 38.5 Å². The lowest BCUT2D eigenvalue weighted by Gasteiger charge is -2.26. The van der Waals surface area contributed by atoms with Crippen LogP contribution in [0.4, 0.5) is 0 Å². The highest BCUT2D eigenvalue weighted by atomic mass is 35.5. The summed E-state index contributed by atoms with van der Waals surface area (Å²) in [6, 6.07) is 13.7. The molecule has 2 aromatic heterocycles. The molecule has 0 saturated heterocycles. The van der Waals surface area contributed by atoms with E-state index in [-0.39, 0.29) is 17.7 Å². The van der Waals surface area contributed by atoms with Gasteiger partial charge in [-0.05, 0) is 61.0 Å². The highest BCUT2D eigenvalue weighted by Gasteiger charge is 2.36. The average molecular weight is 453 g/mol. The van der Waals surface area contributed by atoms with Gasteiger partial charge in [-0.25, -0.2) is 0 Å². The van der Waals surface area contributed by atoms with E-state index in [4.69, 9.17) is 32.0 Å². The fraction of sp³-hybridized carbons (Fsp3) is 0.0870. The number of amides is 2. The van der Waals surface area contributed by atoms with Gasteiger partial charge >= 0.3 is 0 Å². The smallest absolute Gasteiger partial charge is 0.272 e. The number of hydrogen-bond donors (Lipinski definition) is 0. The summed E-state index contributed by atoms with van der Waals surface area (Å²) in [6.07, 6.45) is 2.96. The molecule has 0 spiro atoms. The molecule has 0 unspecified atom stereocenters. The molecular weight excluding hydrogens is 439 g/mol. The van der Waals surface area contributed by atoms with Gasteiger partial charge in [0.2, 0.25) is 0 Å². The van der Waals surface area contributed by atoms with E-state index in [1.54, 1.807) is 49.4 Å². The molecule has 0 saturated carbocycles. The summed E-state index contributed by atoms with van der Waals surface area (Å²) in [6.45, 7) is 1.49. The Labute approximate surface area is 187 Å². The Kier molecular flexibility index (Phi) is 5.55. The minimum atomic E-state index is -0.658. The predicted molar refractivity (Wildman–Crippen MR) is 115 cm³/mol. The number of carbonyl (C=O) groups excluding carboxylic acids is 2. The van der Waals surface area contributed by atoms with Gasteiger partial charge < -0.3 is 8.83 Å². The van der Waals surface area contributed by atoms with Crippen molar-refractivity contribution < 1.29 is 18.4 Å². The number of furan rings is 2. The lowest BCUT2D eigenvalue weighted by Crippen LogP contribution is -2.42. The monoisotopic (exact) mass is 452 g/mol. The van der Waals surface area contributed by atoms with Gasteiger partial charge in [-0.15, -0.1) is 0 Å². The quantitative estimate of drug-likeness (QED) is 0.377. The van der Waals surface area contributed by atoms with Gasteiger partial charge in [-0.3, -0.25) is 14.5 Å².